The van der Waals surface area contributed by atoms with Crippen LogP contribution in [0.5, 0.6) is 0 Å². The summed E-state index contributed by atoms with van der Waals surface area (Å²) in [7, 11) is 0. The molecule has 3 N–H and O–H groups in total. The molecule has 0 saturated carbocycles. The number of furan rings is 1. The van der Waals surface area contributed by atoms with Gasteiger partial charge in [0.2, 0.25) is 5.95 Å². The van der Waals surface area contributed by atoms with Crippen LogP contribution in [0.2, 0.25) is 0 Å². The molecule has 0 saturated heterocycles. The zero-order valence-corrected chi connectivity index (χ0v) is 18.8. The summed E-state index contributed by atoms with van der Waals surface area (Å²) < 4.78 is 8.66. The van der Waals surface area contributed by atoms with Gasteiger partial charge in [-0.3, -0.25) is 4.79 Å². The molecule has 1 aromatic carbocycles. The number of halogens is 1. The summed E-state index contributed by atoms with van der Waals surface area (Å²) in [5.41, 5.74) is 1.91. The molecule has 8 nitrogen and oxygen atoms in total. The summed E-state index contributed by atoms with van der Waals surface area (Å²) >= 11 is 2.22. The van der Waals surface area contributed by atoms with Gasteiger partial charge in [-0.2, -0.15) is 10.1 Å². The Balaban J connectivity index is 1.72. The van der Waals surface area contributed by atoms with E-state index in [2.05, 4.69) is 43.3 Å². The van der Waals surface area contributed by atoms with Gasteiger partial charge in [-0.15, -0.1) is 0 Å². The smallest absolute Gasteiger partial charge is 0.256 e. The number of nitrogens with zero attached hydrogens (tertiary/aromatic N) is 3. The Kier molecular flexibility index (Phi) is 5.91. The fraction of sp³-hybridized carbons (Fsp3) is 0.286. The summed E-state index contributed by atoms with van der Waals surface area (Å²) in [5.74, 6) is 2.28. The number of benzene rings is 1. The number of amides is 1. The first-order valence-electron chi connectivity index (χ1n) is 9.63. The monoisotopic (exact) mass is 519 g/mol. The fourth-order valence-electron chi connectivity index (χ4n) is 3.43. The molecular formula is C21H22IN5O3. The van der Waals surface area contributed by atoms with Crippen molar-refractivity contribution >= 4 is 40.1 Å². The molecule has 0 radical (unpaired) electrons. The Bertz CT molecular complexity index is 1100. The summed E-state index contributed by atoms with van der Waals surface area (Å²) in [5, 5.41) is 19.9. The maximum atomic E-state index is 13.3. The second kappa shape index (κ2) is 8.60. The highest BCUT2D eigenvalue weighted by Gasteiger charge is 2.36. The van der Waals surface area contributed by atoms with Gasteiger partial charge in [0.1, 0.15) is 17.6 Å². The van der Waals surface area contributed by atoms with Gasteiger partial charge in [0.15, 0.2) is 5.82 Å². The van der Waals surface area contributed by atoms with Gasteiger partial charge in [-0.25, -0.2) is 4.68 Å². The average Bonchev–Trinajstić information content (AvgIpc) is 3.32. The number of anilines is 2. The van der Waals surface area contributed by atoms with E-state index in [1.165, 1.54) is 0 Å². The molecule has 0 spiro atoms. The second-order valence-electron chi connectivity index (χ2n) is 7.10. The van der Waals surface area contributed by atoms with Crippen LogP contribution in [0.15, 0.2) is 52.1 Å². The minimum Gasteiger partial charge on any atom is -0.464 e. The van der Waals surface area contributed by atoms with E-state index in [9.17, 15) is 4.79 Å². The zero-order chi connectivity index (χ0) is 21.3. The van der Waals surface area contributed by atoms with Crippen molar-refractivity contribution < 1.29 is 14.3 Å². The Labute approximate surface area is 187 Å². The van der Waals surface area contributed by atoms with Gasteiger partial charge < -0.3 is 20.2 Å². The number of aromatic nitrogens is 3. The molecule has 0 aliphatic carbocycles. The highest BCUT2D eigenvalue weighted by molar-refractivity contribution is 14.1. The van der Waals surface area contributed by atoms with Gasteiger partial charge >= 0.3 is 0 Å². The number of allylic oxidation sites excluding steroid dienone is 1. The van der Waals surface area contributed by atoms with Crippen molar-refractivity contribution in [1.82, 2.24) is 14.8 Å². The van der Waals surface area contributed by atoms with Crippen LogP contribution >= 0.6 is 22.6 Å². The first-order chi connectivity index (χ1) is 14.5. The maximum absolute atomic E-state index is 13.3. The second-order valence-corrected chi connectivity index (χ2v) is 8.34. The first kappa shape index (κ1) is 20.6. The molecule has 30 heavy (non-hydrogen) atoms. The molecule has 1 unspecified atom stereocenters. The zero-order valence-electron chi connectivity index (χ0n) is 16.6. The molecule has 1 aliphatic rings. The molecular weight excluding hydrogens is 497 g/mol. The summed E-state index contributed by atoms with van der Waals surface area (Å²) in [6.07, 6.45) is 1.12. The quantitative estimate of drug-likeness (QED) is 0.430. The van der Waals surface area contributed by atoms with Crippen molar-refractivity contribution in [3.63, 3.8) is 0 Å². The Morgan fingerprint density at radius 1 is 1.27 bits per heavy atom. The minimum absolute atomic E-state index is 0.0685. The molecule has 9 heteroatoms. The van der Waals surface area contributed by atoms with Crippen molar-refractivity contribution in [1.29, 1.82) is 0 Å². The minimum atomic E-state index is -0.547. The third-order valence-electron chi connectivity index (χ3n) is 4.83. The fourth-order valence-corrected chi connectivity index (χ4v) is 3.79. The van der Waals surface area contributed by atoms with Gasteiger partial charge in [-0.05, 0) is 79.3 Å². The van der Waals surface area contributed by atoms with Crippen LogP contribution in [0, 0.1) is 10.5 Å². The molecule has 1 atom stereocenters. The van der Waals surface area contributed by atoms with E-state index >= 15 is 0 Å². The van der Waals surface area contributed by atoms with Crippen LogP contribution in [0.1, 0.15) is 36.7 Å². The number of aryl methyl sites for hydroxylation is 2. The predicted molar refractivity (Wildman–Crippen MR) is 121 cm³/mol. The number of aliphatic hydroxyl groups excluding tert-OH is 1. The number of rotatable bonds is 6. The van der Waals surface area contributed by atoms with Crippen LogP contribution in [0.3, 0.4) is 0 Å². The van der Waals surface area contributed by atoms with Crippen molar-refractivity contribution in [3.8, 4) is 0 Å². The molecule has 4 rings (SSSR count). The lowest BCUT2D eigenvalue weighted by Crippen LogP contribution is -2.31. The number of nitrogens with one attached hydrogen (secondary N) is 2. The lowest BCUT2D eigenvalue weighted by molar-refractivity contribution is -0.113. The maximum Gasteiger partial charge on any atom is 0.256 e. The van der Waals surface area contributed by atoms with Crippen LogP contribution in [0.25, 0.3) is 0 Å². The third-order valence-corrected chi connectivity index (χ3v) is 5.55. The molecule has 0 bridgehead atoms. The first-order valence-corrected chi connectivity index (χ1v) is 10.7. The number of hydrogen-bond acceptors (Lipinski definition) is 6. The van der Waals surface area contributed by atoms with E-state index in [4.69, 9.17) is 9.52 Å². The van der Waals surface area contributed by atoms with Crippen molar-refractivity contribution in [2.75, 3.05) is 17.2 Å². The lowest BCUT2D eigenvalue weighted by Gasteiger charge is -2.27. The SMILES string of the molecule is CC1=C(C(=O)Nc2ccc(I)cc2)C(c2ccc(C)o2)n2nc(CCCO)nc2N1. The highest BCUT2D eigenvalue weighted by Crippen LogP contribution is 2.36. The van der Waals surface area contributed by atoms with Crippen molar-refractivity contribution in [2.24, 2.45) is 0 Å². The predicted octanol–water partition coefficient (Wildman–Crippen LogP) is 3.64. The molecule has 1 amide bonds. The van der Waals surface area contributed by atoms with Crippen molar-refractivity contribution in [3.05, 3.63) is 68.6 Å². The molecule has 0 fully saturated rings. The van der Waals surface area contributed by atoms with E-state index in [-0.39, 0.29) is 12.5 Å². The lowest BCUT2D eigenvalue weighted by atomic mass is 10.00. The third kappa shape index (κ3) is 4.12. The van der Waals surface area contributed by atoms with Crippen LogP contribution < -0.4 is 10.6 Å². The number of fused-ring (bicyclic) bond motifs is 1. The molecule has 2 aromatic heterocycles. The summed E-state index contributed by atoms with van der Waals surface area (Å²) in [6, 6.07) is 10.8. The van der Waals surface area contributed by atoms with Gasteiger partial charge in [-0.1, -0.05) is 0 Å². The number of hydrogen-bond donors (Lipinski definition) is 3. The van der Waals surface area contributed by atoms with Gasteiger partial charge in [0, 0.05) is 28.0 Å². The van der Waals surface area contributed by atoms with Gasteiger partial charge in [0.25, 0.3) is 5.91 Å². The molecule has 3 heterocycles. The summed E-state index contributed by atoms with van der Waals surface area (Å²) in [6.45, 7) is 3.78. The van der Waals surface area contributed by atoms with Crippen LogP contribution in [0.4, 0.5) is 11.6 Å². The van der Waals surface area contributed by atoms with Gasteiger partial charge in [0.05, 0.1) is 5.57 Å². The standard InChI is InChI=1S/C21H22IN5O3/c1-12-5-10-16(30-12)19-18(20(29)24-15-8-6-14(22)7-9-15)13(2)23-21-25-17(4-3-11-28)26-27(19)21/h5-10,19,28H,3-4,11H2,1-2H3,(H,24,29)(H,23,25,26). The molecule has 3 aromatic rings. The number of carbonyl (C=O) groups is 1. The number of aliphatic hydroxyl groups is 1. The number of carbonyl (C=O) groups excluding carboxylic acids is 1. The van der Waals surface area contributed by atoms with E-state index < -0.39 is 6.04 Å². The highest BCUT2D eigenvalue weighted by atomic mass is 127. The Morgan fingerprint density at radius 2 is 2.03 bits per heavy atom. The Morgan fingerprint density at radius 3 is 2.70 bits per heavy atom. The largest absolute Gasteiger partial charge is 0.464 e. The van der Waals surface area contributed by atoms with Crippen LogP contribution in [-0.4, -0.2) is 32.4 Å². The average molecular weight is 519 g/mol. The van der Waals surface area contributed by atoms with Crippen molar-refractivity contribution in [2.45, 2.75) is 32.7 Å². The molecule has 1 aliphatic heterocycles. The molecule has 156 valence electrons. The summed E-state index contributed by atoms with van der Waals surface area (Å²) in [4.78, 5) is 17.8. The van der Waals surface area contributed by atoms with E-state index in [0.29, 0.717) is 47.3 Å². The van der Waals surface area contributed by atoms with Crippen LogP contribution in [-0.2, 0) is 11.2 Å². The van der Waals surface area contributed by atoms with E-state index in [1.54, 1.807) is 4.68 Å². The topological polar surface area (TPSA) is 105 Å². The van der Waals surface area contributed by atoms with E-state index in [1.807, 2.05) is 50.2 Å². The van der Waals surface area contributed by atoms with E-state index in [0.717, 1.165) is 9.33 Å². The Hall–Kier alpha value is -2.66. The normalized spacial score (nSPS) is 15.7.